The Balaban J connectivity index is 2.08. The number of anilines is 1. The van der Waals surface area contributed by atoms with Crippen molar-refractivity contribution in [1.82, 2.24) is 4.98 Å². The van der Waals surface area contributed by atoms with Crippen LogP contribution in [0.25, 0.3) is 0 Å². The largest absolute Gasteiger partial charge is 0.365 e. The normalized spacial score (nSPS) is 28.3. The van der Waals surface area contributed by atoms with Crippen molar-refractivity contribution in [3.05, 3.63) is 23.4 Å². The van der Waals surface area contributed by atoms with Crippen molar-refractivity contribution in [3.8, 4) is 0 Å². The van der Waals surface area contributed by atoms with Crippen LogP contribution in [0.4, 0.5) is 5.82 Å². The molecule has 82 valence electrons. The van der Waals surface area contributed by atoms with Gasteiger partial charge in [-0.15, -0.1) is 11.6 Å². The number of rotatable bonds is 2. The van der Waals surface area contributed by atoms with Gasteiger partial charge in [-0.3, -0.25) is 0 Å². The van der Waals surface area contributed by atoms with Crippen LogP contribution in [0.15, 0.2) is 18.3 Å². The minimum absolute atomic E-state index is 0.0996. The van der Waals surface area contributed by atoms with Crippen LogP contribution in [-0.4, -0.2) is 16.4 Å². The van der Waals surface area contributed by atoms with Gasteiger partial charge in [0.1, 0.15) is 5.82 Å². The number of hydrogen-bond acceptors (Lipinski definition) is 2. The maximum Gasteiger partial charge on any atom is 0.144 e. The fraction of sp³-hybridized carbons (Fsp3) is 0.545. The predicted octanol–water partition coefficient (Wildman–Crippen LogP) is 3.55. The van der Waals surface area contributed by atoms with Crippen LogP contribution < -0.4 is 5.32 Å². The third-order valence-corrected chi connectivity index (χ3v) is 4.26. The molecule has 0 bridgehead atoms. The van der Waals surface area contributed by atoms with E-state index >= 15 is 0 Å². The Morgan fingerprint density at radius 3 is 2.80 bits per heavy atom. The molecule has 1 saturated carbocycles. The molecule has 1 aliphatic rings. The third kappa shape index (κ3) is 1.93. The van der Waals surface area contributed by atoms with Gasteiger partial charge in [0, 0.05) is 23.0 Å². The monoisotopic (exact) mass is 244 g/mol. The van der Waals surface area contributed by atoms with Gasteiger partial charge in [-0.1, -0.05) is 25.4 Å². The number of nitrogens with zero attached hydrogens (tertiary/aromatic N) is 1. The van der Waals surface area contributed by atoms with E-state index in [-0.39, 0.29) is 10.8 Å². The van der Waals surface area contributed by atoms with Crippen molar-refractivity contribution in [2.75, 3.05) is 5.32 Å². The molecule has 0 spiro atoms. The van der Waals surface area contributed by atoms with Crippen LogP contribution in [-0.2, 0) is 0 Å². The van der Waals surface area contributed by atoms with Crippen molar-refractivity contribution in [3.63, 3.8) is 0 Å². The fourth-order valence-electron chi connectivity index (χ4n) is 1.77. The van der Waals surface area contributed by atoms with Gasteiger partial charge in [0.2, 0.25) is 0 Å². The first kappa shape index (κ1) is 11.0. The Morgan fingerprint density at radius 2 is 2.27 bits per heavy atom. The van der Waals surface area contributed by atoms with Crippen molar-refractivity contribution >= 4 is 29.0 Å². The Hall–Kier alpha value is -0.470. The van der Waals surface area contributed by atoms with E-state index in [1.807, 2.05) is 12.1 Å². The lowest BCUT2D eigenvalue weighted by molar-refractivity contribution is 0.168. The zero-order valence-corrected chi connectivity index (χ0v) is 10.3. The first-order valence-corrected chi connectivity index (χ1v) is 5.84. The smallest absolute Gasteiger partial charge is 0.144 e. The summed E-state index contributed by atoms with van der Waals surface area (Å²) in [6, 6.07) is 4.01. The quantitative estimate of drug-likeness (QED) is 0.806. The lowest BCUT2D eigenvalue weighted by Gasteiger charge is -2.49. The lowest BCUT2D eigenvalue weighted by Crippen LogP contribution is -2.54. The second-order valence-electron chi connectivity index (χ2n) is 4.56. The van der Waals surface area contributed by atoms with E-state index in [0.29, 0.717) is 11.1 Å². The van der Waals surface area contributed by atoms with Crippen molar-refractivity contribution in [2.45, 2.75) is 31.7 Å². The number of nitrogens with one attached hydrogen (secondary N) is 1. The van der Waals surface area contributed by atoms with Crippen molar-refractivity contribution in [2.24, 2.45) is 5.41 Å². The summed E-state index contributed by atoms with van der Waals surface area (Å²) in [6.45, 7) is 4.31. The van der Waals surface area contributed by atoms with E-state index in [2.05, 4.69) is 24.1 Å². The summed E-state index contributed by atoms with van der Waals surface area (Å²) < 4.78 is 0. The molecule has 1 fully saturated rings. The van der Waals surface area contributed by atoms with Crippen LogP contribution in [0.3, 0.4) is 0 Å². The summed E-state index contributed by atoms with van der Waals surface area (Å²) >= 11 is 12.2. The average molecular weight is 245 g/mol. The maximum atomic E-state index is 6.15. The highest BCUT2D eigenvalue weighted by Crippen LogP contribution is 2.46. The summed E-state index contributed by atoms with van der Waals surface area (Å²) in [6.07, 6.45) is 2.69. The summed E-state index contributed by atoms with van der Waals surface area (Å²) in [5.41, 5.74) is 0.0996. The van der Waals surface area contributed by atoms with Crippen molar-refractivity contribution in [1.29, 1.82) is 0 Å². The Kier molecular flexibility index (Phi) is 2.82. The zero-order valence-electron chi connectivity index (χ0n) is 8.80. The van der Waals surface area contributed by atoms with Crippen LogP contribution in [0.1, 0.15) is 20.3 Å². The molecular formula is C11H14Cl2N2. The SMILES string of the molecule is CC1(C)C(Cl)CC1Nc1ncccc1Cl. The molecule has 1 aromatic heterocycles. The summed E-state index contributed by atoms with van der Waals surface area (Å²) in [5.74, 6) is 0.751. The molecule has 0 radical (unpaired) electrons. The van der Waals surface area contributed by atoms with Gasteiger partial charge in [0.05, 0.1) is 5.02 Å². The van der Waals surface area contributed by atoms with E-state index in [1.54, 1.807) is 6.20 Å². The van der Waals surface area contributed by atoms with E-state index in [4.69, 9.17) is 23.2 Å². The van der Waals surface area contributed by atoms with Crippen LogP contribution in [0, 0.1) is 5.41 Å². The zero-order chi connectivity index (χ0) is 11.1. The molecule has 0 aromatic carbocycles. The van der Waals surface area contributed by atoms with Gasteiger partial charge in [-0.25, -0.2) is 4.98 Å². The molecule has 1 heterocycles. The lowest BCUT2D eigenvalue weighted by atomic mass is 9.67. The van der Waals surface area contributed by atoms with Crippen LogP contribution >= 0.6 is 23.2 Å². The molecule has 15 heavy (non-hydrogen) atoms. The first-order chi connectivity index (χ1) is 7.01. The highest BCUT2D eigenvalue weighted by atomic mass is 35.5. The van der Waals surface area contributed by atoms with Gasteiger partial charge in [-0.05, 0) is 18.6 Å². The van der Waals surface area contributed by atoms with Gasteiger partial charge in [-0.2, -0.15) is 0 Å². The van der Waals surface area contributed by atoms with Crippen molar-refractivity contribution < 1.29 is 0 Å². The maximum absolute atomic E-state index is 6.15. The van der Waals surface area contributed by atoms with Gasteiger partial charge in [0.25, 0.3) is 0 Å². The number of hydrogen-bond donors (Lipinski definition) is 1. The highest BCUT2D eigenvalue weighted by molar-refractivity contribution is 6.32. The Bertz CT molecular complexity index is 365. The predicted molar refractivity (Wildman–Crippen MR) is 64.7 cm³/mol. The highest BCUT2D eigenvalue weighted by Gasteiger charge is 2.47. The minimum Gasteiger partial charge on any atom is -0.365 e. The Labute approximate surface area is 100.0 Å². The Morgan fingerprint density at radius 1 is 1.53 bits per heavy atom. The molecule has 2 nitrogen and oxygen atoms in total. The number of aromatic nitrogens is 1. The second-order valence-corrected chi connectivity index (χ2v) is 5.49. The van der Waals surface area contributed by atoms with Gasteiger partial charge in [0.15, 0.2) is 0 Å². The minimum atomic E-state index is 0.0996. The van der Waals surface area contributed by atoms with Crippen LogP contribution in [0.5, 0.6) is 0 Å². The van der Waals surface area contributed by atoms with Crippen LogP contribution in [0.2, 0.25) is 5.02 Å². The second kappa shape index (κ2) is 3.84. The molecule has 1 aromatic rings. The fourth-order valence-corrected chi connectivity index (χ4v) is 2.28. The van der Waals surface area contributed by atoms with Gasteiger partial charge < -0.3 is 5.32 Å². The number of alkyl halides is 1. The molecule has 2 rings (SSSR count). The topological polar surface area (TPSA) is 24.9 Å². The first-order valence-electron chi connectivity index (χ1n) is 5.03. The molecule has 1 aliphatic carbocycles. The van der Waals surface area contributed by atoms with Gasteiger partial charge >= 0.3 is 0 Å². The summed E-state index contributed by atoms with van der Waals surface area (Å²) in [4.78, 5) is 4.20. The van der Waals surface area contributed by atoms with E-state index in [9.17, 15) is 0 Å². The standard InChI is InChI=1S/C11H14Cl2N2/c1-11(2)8(13)6-9(11)15-10-7(12)4-3-5-14-10/h3-5,8-9H,6H2,1-2H3,(H,14,15). The van der Waals surface area contributed by atoms with E-state index in [1.165, 1.54) is 0 Å². The average Bonchev–Trinajstić information content (AvgIpc) is 2.20. The summed E-state index contributed by atoms with van der Waals surface area (Å²) in [5, 5.41) is 4.23. The molecule has 1 N–H and O–H groups in total. The summed E-state index contributed by atoms with van der Waals surface area (Å²) in [7, 11) is 0. The number of pyridine rings is 1. The van der Waals surface area contributed by atoms with E-state index < -0.39 is 0 Å². The molecule has 0 saturated heterocycles. The molecule has 0 amide bonds. The third-order valence-electron chi connectivity index (χ3n) is 3.22. The molecule has 0 aliphatic heterocycles. The number of halogens is 2. The molecule has 2 unspecified atom stereocenters. The molecule has 2 atom stereocenters. The van der Waals surface area contributed by atoms with E-state index in [0.717, 1.165) is 12.2 Å². The molecular weight excluding hydrogens is 231 g/mol. The molecule has 4 heteroatoms.